The number of benzene rings is 2. The maximum absolute atomic E-state index is 13.3. The molecule has 34 heavy (non-hydrogen) atoms. The van der Waals surface area contributed by atoms with Crippen LogP contribution in [0.25, 0.3) is 10.9 Å². The van der Waals surface area contributed by atoms with Gasteiger partial charge in [0.15, 0.2) is 0 Å². The van der Waals surface area contributed by atoms with Crippen LogP contribution in [-0.4, -0.2) is 26.9 Å². The highest BCUT2D eigenvalue weighted by Crippen LogP contribution is 2.37. The monoisotopic (exact) mass is 526 g/mol. The zero-order valence-corrected chi connectivity index (χ0v) is 20.8. The third-order valence-corrected chi connectivity index (χ3v) is 6.80. The molecule has 3 aromatic rings. The van der Waals surface area contributed by atoms with Gasteiger partial charge >= 0.3 is 5.69 Å². The van der Waals surface area contributed by atoms with Gasteiger partial charge in [0.05, 0.1) is 32.6 Å². The Labute approximate surface area is 205 Å². The quantitative estimate of drug-likeness (QED) is 0.208. The second kappa shape index (κ2) is 10.5. The summed E-state index contributed by atoms with van der Waals surface area (Å²) in [6, 6.07) is 10.4. The zero-order valence-electron chi connectivity index (χ0n) is 19.2. The summed E-state index contributed by atoms with van der Waals surface area (Å²) in [5, 5.41) is 16.7. The van der Waals surface area contributed by atoms with E-state index in [1.807, 2.05) is 26.0 Å². The van der Waals surface area contributed by atoms with E-state index in [9.17, 15) is 14.9 Å². The fourth-order valence-electron chi connectivity index (χ4n) is 4.21. The van der Waals surface area contributed by atoms with E-state index in [1.165, 1.54) is 23.4 Å². The molecule has 9 heteroatoms. The molecular weight excluding hydrogens is 500 g/mol. The molecule has 2 aromatic carbocycles. The van der Waals surface area contributed by atoms with E-state index in [4.69, 9.17) is 9.72 Å². The van der Waals surface area contributed by atoms with E-state index in [1.54, 1.807) is 18.2 Å². The Morgan fingerprint density at radius 1 is 1.29 bits per heavy atom. The van der Waals surface area contributed by atoms with Crippen LogP contribution in [0.4, 0.5) is 5.69 Å². The Balaban J connectivity index is 1.79. The first-order valence-electron chi connectivity index (χ1n) is 11.6. The summed E-state index contributed by atoms with van der Waals surface area (Å²) in [6.45, 7) is 3.81. The molecule has 8 nitrogen and oxygen atoms in total. The molecule has 1 fully saturated rings. The number of rotatable bonds is 7. The lowest BCUT2D eigenvalue weighted by Gasteiger charge is -2.22. The maximum atomic E-state index is 13.3. The van der Waals surface area contributed by atoms with Crippen molar-refractivity contribution in [1.29, 1.82) is 0 Å². The lowest BCUT2D eigenvalue weighted by molar-refractivity contribution is -0.386. The molecule has 0 spiro atoms. The molecule has 0 aliphatic heterocycles. The van der Waals surface area contributed by atoms with E-state index >= 15 is 0 Å². The fourth-order valence-corrected chi connectivity index (χ4v) is 4.77. The molecule has 1 atom stereocenters. The van der Waals surface area contributed by atoms with Crippen LogP contribution in [0.3, 0.4) is 0 Å². The normalized spacial score (nSPS) is 15.6. The van der Waals surface area contributed by atoms with Crippen LogP contribution >= 0.6 is 15.9 Å². The van der Waals surface area contributed by atoms with E-state index < -0.39 is 4.92 Å². The van der Waals surface area contributed by atoms with Crippen LogP contribution in [0.5, 0.6) is 5.75 Å². The van der Waals surface area contributed by atoms with Crippen LogP contribution < -0.4 is 10.3 Å². The van der Waals surface area contributed by atoms with Crippen LogP contribution in [-0.2, 0) is 0 Å². The highest BCUT2D eigenvalue weighted by Gasteiger charge is 2.24. The van der Waals surface area contributed by atoms with Gasteiger partial charge in [-0.15, -0.1) is 0 Å². The first-order chi connectivity index (χ1) is 16.4. The van der Waals surface area contributed by atoms with Gasteiger partial charge in [0.25, 0.3) is 5.56 Å². The van der Waals surface area contributed by atoms with Crippen LogP contribution in [0.1, 0.15) is 69.7 Å². The number of halogens is 1. The molecule has 0 bridgehead atoms. The number of nitro groups is 1. The first kappa shape index (κ1) is 24.1. The predicted octanol–water partition coefficient (Wildman–Crippen LogP) is 6.17. The Bertz CT molecular complexity index is 1300. The molecule has 4 rings (SSSR count). The minimum Gasteiger partial charge on any atom is -0.483 e. The summed E-state index contributed by atoms with van der Waals surface area (Å²) in [7, 11) is 0. The highest BCUT2D eigenvalue weighted by atomic mass is 79.9. The Morgan fingerprint density at radius 2 is 2.03 bits per heavy atom. The van der Waals surface area contributed by atoms with Gasteiger partial charge in [0, 0.05) is 17.5 Å². The summed E-state index contributed by atoms with van der Waals surface area (Å²) < 4.78 is 7.59. The Hall–Kier alpha value is -3.07. The number of aromatic nitrogens is 2. The van der Waals surface area contributed by atoms with Gasteiger partial charge in [-0.1, -0.05) is 38.3 Å². The average molecular weight is 527 g/mol. The van der Waals surface area contributed by atoms with Gasteiger partial charge < -0.3 is 4.74 Å². The first-order valence-corrected chi connectivity index (χ1v) is 12.4. The van der Waals surface area contributed by atoms with Crippen molar-refractivity contribution in [2.45, 2.75) is 64.4 Å². The molecular formula is C25H27BrN4O4. The number of para-hydroxylation sites is 1. The van der Waals surface area contributed by atoms with E-state index in [2.05, 4.69) is 21.0 Å². The number of nitro benzene ring substituents is 1. The second-order valence-electron chi connectivity index (χ2n) is 8.63. The average Bonchev–Trinajstić information content (AvgIpc) is 2.85. The number of hydrogen-bond donors (Lipinski definition) is 0. The number of fused-ring (bicyclic) bond motifs is 1. The Kier molecular flexibility index (Phi) is 7.41. The lowest BCUT2D eigenvalue weighted by atomic mass is 9.88. The molecule has 178 valence electrons. The molecule has 0 unspecified atom stereocenters. The molecule has 0 saturated heterocycles. The zero-order chi connectivity index (χ0) is 24.2. The minimum absolute atomic E-state index is 0.149. The topological polar surface area (TPSA) is 99.6 Å². The SMILES string of the molecule is CC[C@H](C)Oc1c(Br)cc(C=Nn2c(C3CCCCC3)nc3ccccc3c2=O)cc1[N+](=O)[O-]. The summed E-state index contributed by atoms with van der Waals surface area (Å²) >= 11 is 3.40. The molecule has 1 aliphatic carbocycles. The Morgan fingerprint density at radius 3 is 2.74 bits per heavy atom. The predicted molar refractivity (Wildman–Crippen MR) is 136 cm³/mol. The summed E-state index contributed by atoms with van der Waals surface area (Å²) in [6.07, 6.45) is 7.29. The van der Waals surface area contributed by atoms with Crippen molar-refractivity contribution < 1.29 is 9.66 Å². The van der Waals surface area contributed by atoms with Crippen molar-refractivity contribution in [2.75, 3.05) is 0 Å². The van der Waals surface area contributed by atoms with Gasteiger partial charge in [-0.05, 0) is 60.3 Å². The second-order valence-corrected chi connectivity index (χ2v) is 9.48. The smallest absolute Gasteiger partial charge is 0.312 e. The third-order valence-electron chi connectivity index (χ3n) is 6.21. The largest absolute Gasteiger partial charge is 0.483 e. The van der Waals surface area contributed by atoms with E-state index in [0.717, 1.165) is 25.7 Å². The molecule has 1 aromatic heterocycles. The molecule has 0 amide bonds. The number of nitrogens with zero attached hydrogens (tertiary/aromatic N) is 4. The van der Waals surface area contributed by atoms with Crippen LogP contribution in [0, 0.1) is 10.1 Å². The third kappa shape index (κ3) is 5.04. The fraction of sp³-hybridized carbons (Fsp3) is 0.400. The summed E-state index contributed by atoms with van der Waals surface area (Å²) in [4.78, 5) is 29.4. The summed E-state index contributed by atoms with van der Waals surface area (Å²) in [5.41, 5.74) is 0.731. The van der Waals surface area contributed by atoms with Gasteiger partial charge in [0.1, 0.15) is 5.82 Å². The molecule has 0 N–H and O–H groups in total. The number of ether oxygens (including phenoxy) is 1. The highest BCUT2D eigenvalue weighted by molar-refractivity contribution is 9.10. The minimum atomic E-state index is -0.475. The van der Waals surface area contributed by atoms with Crippen molar-refractivity contribution >= 4 is 38.7 Å². The van der Waals surface area contributed by atoms with Gasteiger partial charge in [0.2, 0.25) is 5.75 Å². The van der Waals surface area contributed by atoms with Crippen LogP contribution in [0.15, 0.2) is 50.8 Å². The van der Waals surface area contributed by atoms with Gasteiger partial charge in [-0.2, -0.15) is 9.78 Å². The standard InChI is InChI=1S/C25H27BrN4O4/c1-3-16(2)34-23-20(26)13-17(14-22(23)30(32)33)15-27-29-24(18-9-5-4-6-10-18)28-21-12-8-7-11-19(21)25(29)31/h7-8,11-16,18H,3-6,9-10H2,1-2H3/t16-/m0/s1. The van der Waals surface area contributed by atoms with E-state index in [-0.39, 0.29) is 29.0 Å². The molecule has 1 saturated carbocycles. The van der Waals surface area contributed by atoms with E-state index in [0.29, 0.717) is 33.2 Å². The maximum Gasteiger partial charge on any atom is 0.312 e. The van der Waals surface area contributed by atoms with Crippen LogP contribution in [0.2, 0.25) is 0 Å². The number of hydrogen-bond acceptors (Lipinski definition) is 6. The molecule has 1 heterocycles. The van der Waals surface area contributed by atoms with Crippen molar-refractivity contribution in [2.24, 2.45) is 5.10 Å². The van der Waals surface area contributed by atoms with Crippen molar-refractivity contribution in [3.05, 3.63) is 72.7 Å². The van der Waals surface area contributed by atoms with Crippen molar-refractivity contribution in [1.82, 2.24) is 9.66 Å². The molecule has 0 radical (unpaired) electrons. The van der Waals surface area contributed by atoms with Crippen molar-refractivity contribution in [3.63, 3.8) is 0 Å². The van der Waals surface area contributed by atoms with Crippen molar-refractivity contribution in [3.8, 4) is 5.75 Å². The van der Waals surface area contributed by atoms with Gasteiger partial charge in [-0.3, -0.25) is 14.9 Å². The summed E-state index contributed by atoms with van der Waals surface area (Å²) in [5.74, 6) is 0.976. The van der Waals surface area contributed by atoms with Gasteiger partial charge in [-0.25, -0.2) is 4.98 Å². The lowest BCUT2D eigenvalue weighted by Crippen LogP contribution is -2.25. The molecule has 1 aliphatic rings.